The molecule has 0 aromatic heterocycles. The number of amides is 1. The smallest absolute Gasteiger partial charge is 0.244 e. The van der Waals surface area contributed by atoms with Crippen LogP contribution in [0.25, 0.3) is 0 Å². The third-order valence-corrected chi connectivity index (χ3v) is 5.99. The van der Waals surface area contributed by atoms with Crippen LogP contribution in [0, 0.1) is 5.92 Å². The maximum atomic E-state index is 13.1. The summed E-state index contributed by atoms with van der Waals surface area (Å²) in [4.78, 5) is 13.1. The molecule has 1 amide bonds. The van der Waals surface area contributed by atoms with Gasteiger partial charge in [-0.3, -0.25) is 4.79 Å². The average Bonchev–Trinajstić information content (AvgIpc) is 3.60. The Hall–Kier alpha value is -3.60. The molecule has 3 aromatic rings. The number of benzene rings is 3. The summed E-state index contributed by atoms with van der Waals surface area (Å²) in [5, 5.41) is 4.36. The molecule has 0 heterocycles. The van der Waals surface area contributed by atoms with Gasteiger partial charge < -0.3 is 9.47 Å². The first-order valence-corrected chi connectivity index (χ1v) is 10.3. The molecule has 1 atom stereocenters. The molecule has 1 N–H and O–H groups in total. The minimum Gasteiger partial charge on any atom is -0.493 e. The van der Waals surface area contributed by atoms with Crippen molar-refractivity contribution in [2.75, 3.05) is 14.2 Å². The Morgan fingerprint density at radius 1 is 0.903 bits per heavy atom. The molecule has 1 aliphatic carbocycles. The van der Waals surface area contributed by atoms with Gasteiger partial charge >= 0.3 is 0 Å². The molecule has 0 bridgehead atoms. The molecule has 0 spiro atoms. The standard InChI is InChI=1S/C26H26N2O3/c1-18(19-14-15-23(30-2)24(16-19)31-3)27-28-25(29)22-17-26(22,20-10-6-4-7-11-20)21-12-8-5-9-13-21/h4-16,22H,17H2,1-3H3,(H,28,29)/b27-18+. The quantitative estimate of drug-likeness (QED) is 0.456. The lowest BCUT2D eigenvalue weighted by molar-refractivity contribution is -0.122. The molecule has 1 fully saturated rings. The molecule has 1 aliphatic rings. The molecule has 5 heteroatoms. The van der Waals surface area contributed by atoms with Gasteiger partial charge in [-0.05, 0) is 42.7 Å². The van der Waals surface area contributed by atoms with E-state index in [1.807, 2.05) is 61.5 Å². The van der Waals surface area contributed by atoms with Crippen LogP contribution in [-0.4, -0.2) is 25.8 Å². The van der Waals surface area contributed by atoms with Crippen molar-refractivity contribution in [2.45, 2.75) is 18.8 Å². The Morgan fingerprint density at radius 2 is 1.48 bits per heavy atom. The van der Waals surface area contributed by atoms with Crippen molar-refractivity contribution in [1.29, 1.82) is 0 Å². The molecule has 1 saturated carbocycles. The normalized spacial score (nSPS) is 17.0. The number of carbonyl (C=O) groups is 1. The van der Waals surface area contributed by atoms with Crippen molar-refractivity contribution in [3.05, 3.63) is 95.6 Å². The summed E-state index contributed by atoms with van der Waals surface area (Å²) in [6.45, 7) is 1.86. The summed E-state index contributed by atoms with van der Waals surface area (Å²) in [5.41, 5.74) is 6.33. The van der Waals surface area contributed by atoms with Gasteiger partial charge in [0.05, 0.1) is 25.8 Å². The molecule has 0 aliphatic heterocycles. The fourth-order valence-corrected chi connectivity index (χ4v) is 4.20. The zero-order valence-electron chi connectivity index (χ0n) is 18.0. The Balaban J connectivity index is 1.55. The number of nitrogens with zero attached hydrogens (tertiary/aromatic N) is 1. The van der Waals surface area contributed by atoms with Gasteiger partial charge in [-0.25, -0.2) is 5.43 Å². The van der Waals surface area contributed by atoms with Crippen molar-refractivity contribution in [1.82, 2.24) is 5.43 Å². The Kier molecular flexibility index (Phi) is 5.76. The molecule has 4 rings (SSSR count). The lowest BCUT2D eigenvalue weighted by Crippen LogP contribution is -2.26. The van der Waals surface area contributed by atoms with Crippen LogP contribution in [0.1, 0.15) is 30.0 Å². The van der Waals surface area contributed by atoms with Crippen molar-refractivity contribution in [3.63, 3.8) is 0 Å². The van der Waals surface area contributed by atoms with E-state index in [-0.39, 0.29) is 17.2 Å². The molecule has 3 aromatic carbocycles. The van der Waals surface area contributed by atoms with Crippen LogP contribution >= 0.6 is 0 Å². The molecule has 158 valence electrons. The van der Waals surface area contributed by atoms with E-state index in [9.17, 15) is 4.79 Å². The second-order valence-corrected chi connectivity index (χ2v) is 7.70. The van der Waals surface area contributed by atoms with Crippen LogP contribution < -0.4 is 14.9 Å². The van der Waals surface area contributed by atoms with Gasteiger partial charge in [0.25, 0.3) is 0 Å². The van der Waals surface area contributed by atoms with E-state index < -0.39 is 0 Å². The predicted molar refractivity (Wildman–Crippen MR) is 122 cm³/mol. The number of methoxy groups -OCH3 is 2. The van der Waals surface area contributed by atoms with Crippen LogP contribution in [0.5, 0.6) is 11.5 Å². The molecule has 1 unspecified atom stereocenters. The first-order chi connectivity index (χ1) is 15.1. The third-order valence-electron chi connectivity index (χ3n) is 5.99. The highest BCUT2D eigenvalue weighted by Crippen LogP contribution is 2.58. The van der Waals surface area contributed by atoms with Gasteiger partial charge in [-0.15, -0.1) is 0 Å². The largest absolute Gasteiger partial charge is 0.493 e. The molecule has 0 radical (unpaired) electrons. The first kappa shape index (κ1) is 20.7. The summed E-state index contributed by atoms with van der Waals surface area (Å²) < 4.78 is 10.6. The zero-order chi connectivity index (χ0) is 21.8. The second-order valence-electron chi connectivity index (χ2n) is 7.70. The summed E-state index contributed by atoms with van der Waals surface area (Å²) in [6.07, 6.45) is 0.762. The predicted octanol–water partition coefficient (Wildman–Crippen LogP) is 4.55. The molecule has 31 heavy (non-hydrogen) atoms. The highest BCUT2D eigenvalue weighted by atomic mass is 16.5. The number of ether oxygens (including phenoxy) is 2. The highest BCUT2D eigenvalue weighted by Gasteiger charge is 2.60. The Bertz CT molecular complexity index is 1050. The maximum Gasteiger partial charge on any atom is 0.244 e. The van der Waals surface area contributed by atoms with Crippen LogP contribution in [0.2, 0.25) is 0 Å². The van der Waals surface area contributed by atoms with Crippen molar-refractivity contribution in [3.8, 4) is 11.5 Å². The van der Waals surface area contributed by atoms with Crippen molar-refractivity contribution < 1.29 is 14.3 Å². The molecule has 5 nitrogen and oxygen atoms in total. The lowest BCUT2D eigenvalue weighted by atomic mass is 9.85. The highest BCUT2D eigenvalue weighted by molar-refractivity contribution is 6.00. The van der Waals surface area contributed by atoms with Crippen molar-refractivity contribution >= 4 is 11.6 Å². The van der Waals surface area contributed by atoms with E-state index in [1.165, 1.54) is 0 Å². The fourth-order valence-electron chi connectivity index (χ4n) is 4.20. The number of hydrazone groups is 1. The van der Waals surface area contributed by atoms with Gasteiger partial charge in [0.2, 0.25) is 5.91 Å². The number of hydrogen-bond donors (Lipinski definition) is 1. The van der Waals surface area contributed by atoms with Gasteiger partial charge in [0.15, 0.2) is 11.5 Å². The van der Waals surface area contributed by atoms with Crippen LogP contribution in [0.4, 0.5) is 0 Å². The van der Waals surface area contributed by atoms with Gasteiger partial charge in [-0.1, -0.05) is 60.7 Å². The molecule has 0 saturated heterocycles. The van der Waals surface area contributed by atoms with E-state index in [2.05, 4.69) is 34.8 Å². The number of hydrogen-bond acceptors (Lipinski definition) is 4. The number of carbonyl (C=O) groups excluding carboxylic acids is 1. The van der Waals surface area contributed by atoms with Crippen LogP contribution in [0.15, 0.2) is 84.0 Å². The topological polar surface area (TPSA) is 59.9 Å². The van der Waals surface area contributed by atoms with Gasteiger partial charge in [0, 0.05) is 11.0 Å². The summed E-state index contributed by atoms with van der Waals surface area (Å²) in [6, 6.07) is 26.0. The van der Waals surface area contributed by atoms with E-state index in [0.717, 1.165) is 23.1 Å². The monoisotopic (exact) mass is 414 g/mol. The minimum absolute atomic E-state index is 0.0764. The van der Waals surface area contributed by atoms with E-state index in [1.54, 1.807) is 14.2 Å². The van der Waals surface area contributed by atoms with E-state index in [4.69, 9.17) is 9.47 Å². The zero-order valence-corrected chi connectivity index (χ0v) is 18.0. The summed E-state index contributed by atoms with van der Waals surface area (Å²) in [5.74, 6) is 1.03. The molecular formula is C26H26N2O3. The van der Waals surface area contributed by atoms with Crippen LogP contribution in [-0.2, 0) is 10.2 Å². The Morgan fingerprint density at radius 3 is 2.03 bits per heavy atom. The maximum absolute atomic E-state index is 13.1. The number of nitrogens with one attached hydrogen (secondary N) is 1. The average molecular weight is 415 g/mol. The van der Waals surface area contributed by atoms with Crippen molar-refractivity contribution in [2.24, 2.45) is 11.0 Å². The summed E-state index contributed by atoms with van der Waals surface area (Å²) >= 11 is 0. The number of rotatable bonds is 7. The van der Waals surface area contributed by atoms with E-state index in [0.29, 0.717) is 17.2 Å². The van der Waals surface area contributed by atoms with Gasteiger partial charge in [0.1, 0.15) is 0 Å². The lowest BCUT2D eigenvalue weighted by Gasteiger charge is -2.18. The minimum atomic E-state index is -0.306. The molecular weight excluding hydrogens is 388 g/mol. The fraction of sp³-hybridized carbons (Fsp3) is 0.231. The van der Waals surface area contributed by atoms with Gasteiger partial charge in [-0.2, -0.15) is 5.10 Å². The summed E-state index contributed by atoms with van der Waals surface area (Å²) in [7, 11) is 3.19. The first-order valence-electron chi connectivity index (χ1n) is 10.3. The Labute approximate surface area is 182 Å². The van der Waals surface area contributed by atoms with Crippen LogP contribution in [0.3, 0.4) is 0 Å². The second kappa shape index (κ2) is 8.64. The third kappa shape index (κ3) is 3.91. The van der Waals surface area contributed by atoms with E-state index >= 15 is 0 Å². The SMILES string of the molecule is COc1ccc(/C(C)=N/NC(=O)C2CC2(c2ccccc2)c2ccccc2)cc1OC.